The van der Waals surface area contributed by atoms with E-state index >= 15 is 0 Å². The third-order valence-electron chi connectivity index (χ3n) is 4.36. The van der Waals surface area contributed by atoms with E-state index in [-0.39, 0.29) is 16.6 Å². The van der Waals surface area contributed by atoms with Gasteiger partial charge in [-0.05, 0) is 41.0 Å². The number of sulfonamides is 1. The molecule has 0 aromatic heterocycles. The second kappa shape index (κ2) is 8.26. The van der Waals surface area contributed by atoms with Crippen LogP contribution in [0.4, 0.5) is 0 Å². The highest BCUT2D eigenvalue weighted by molar-refractivity contribution is 7.89. The van der Waals surface area contributed by atoms with Gasteiger partial charge in [0.2, 0.25) is 10.0 Å². The van der Waals surface area contributed by atoms with Gasteiger partial charge < -0.3 is 11.1 Å². The van der Waals surface area contributed by atoms with Crippen molar-refractivity contribution >= 4 is 21.8 Å². The van der Waals surface area contributed by atoms with Gasteiger partial charge in [0.25, 0.3) is 5.91 Å². The Hall–Kier alpha value is -3.49. The summed E-state index contributed by atoms with van der Waals surface area (Å²) in [6.45, 7) is 0.338. The SMILES string of the molecule is N=C(N)c1ccc(CNC(=O)c2cccc(-c3ccc(S(N)(=O)=O)cc3)c2)cc1. The number of amidine groups is 1. The average Bonchev–Trinajstić information content (AvgIpc) is 2.72. The van der Waals surface area contributed by atoms with Crippen LogP contribution in [0, 0.1) is 5.41 Å². The third-order valence-corrected chi connectivity index (χ3v) is 5.29. The van der Waals surface area contributed by atoms with Crippen LogP contribution in [0.25, 0.3) is 11.1 Å². The van der Waals surface area contributed by atoms with Crippen LogP contribution < -0.4 is 16.2 Å². The van der Waals surface area contributed by atoms with Crippen LogP contribution in [0.2, 0.25) is 0 Å². The number of hydrogen-bond acceptors (Lipinski definition) is 4. The number of carbonyl (C=O) groups is 1. The number of nitrogens with one attached hydrogen (secondary N) is 2. The van der Waals surface area contributed by atoms with Crippen molar-refractivity contribution in [1.82, 2.24) is 5.32 Å². The summed E-state index contributed by atoms with van der Waals surface area (Å²) >= 11 is 0. The maximum absolute atomic E-state index is 12.5. The first-order valence-electron chi connectivity index (χ1n) is 8.69. The molecule has 0 atom stereocenters. The van der Waals surface area contributed by atoms with Crippen molar-refractivity contribution < 1.29 is 13.2 Å². The molecule has 0 bridgehead atoms. The minimum absolute atomic E-state index is 0.00510. The number of nitrogens with two attached hydrogens (primary N) is 2. The van der Waals surface area contributed by atoms with E-state index in [1.165, 1.54) is 12.1 Å². The summed E-state index contributed by atoms with van der Waals surface area (Å²) in [5.74, 6) is -0.238. The van der Waals surface area contributed by atoms with E-state index in [0.29, 0.717) is 17.7 Å². The molecule has 0 unspecified atom stereocenters. The van der Waals surface area contributed by atoms with Gasteiger partial charge in [0.05, 0.1) is 4.90 Å². The number of carbonyl (C=O) groups excluding carboxylic acids is 1. The van der Waals surface area contributed by atoms with Gasteiger partial charge >= 0.3 is 0 Å². The summed E-state index contributed by atoms with van der Waals surface area (Å²) in [5.41, 5.74) is 8.98. The molecule has 8 heteroatoms. The second-order valence-corrected chi connectivity index (χ2v) is 8.00. The summed E-state index contributed by atoms with van der Waals surface area (Å²) in [6, 6.07) is 20.3. The Labute approximate surface area is 168 Å². The minimum Gasteiger partial charge on any atom is -0.384 e. The molecule has 0 aliphatic heterocycles. The fourth-order valence-corrected chi connectivity index (χ4v) is 3.28. The fourth-order valence-electron chi connectivity index (χ4n) is 2.76. The molecular formula is C21H20N4O3S. The Balaban J connectivity index is 1.71. The summed E-state index contributed by atoms with van der Waals surface area (Å²) in [7, 11) is -3.75. The molecule has 0 spiro atoms. The Morgan fingerprint density at radius 3 is 2.14 bits per heavy atom. The van der Waals surface area contributed by atoms with Crippen molar-refractivity contribution in [3.63, 3.8) is 0 Å². The molecule has 0 aliphatic rings. The van der Waals surface area contributed by atoms with Gasteiger partial charge in [-0.3, -0.25) is 10.2 Å². The Morgan fingerprint density at radius 2 is 1.55 bits per heavy atom. The smallest absolute Gasteiger partial charge is 0.251 e. The Morgan fingerprint density at radius 1 is 0.897 bits per heavy atom. The number of nitrogen functional groups attached to an aromatic ring is 1. The van der Waals surface area contributed by atoms with Gasteiger partial charge in [-0.2, -0.15) is 0 Å². The first-order chi connectivity index (χ1) is 13.7. The number of benzene rings is 3. The lowest BCUT2D eigenvalue weighted by Crippen LogP contribution is -2.22. The molecule has 6 N–H and O–H groups in total. The van der Waals surface area contributed by atoms with Crippen molar-refractivity contribution in [2.24, 2.45) is 10.9 Å². The van der Waals surface area contributed by atoms with Crippen LogP contribution in [-0.2, 0) is 16.6 Å². The van der Waals surface area contributed by atoms with Crippen molar-refractivity contribution in [2.45, 2.75) is 11.4 Å². The zero-order valence-electron chi connectivity index (χ0n) is 15.4. The average molecular weight is 408 g/mol. The molecule has 0 radical (unpaired) electrons. The predicted molar refractivity (Wildman–Crippen MR) is 112 cm³/mol. The van der Waals surface area contributed by atoms with E-state index in [9.17, 15) is 13.2 Å². The van der Waals surface area contributed by atoms with E-state index in [1.807, 2.05) is 6.07 Å². The first-order valence-corrected chi connectivity index (χ1v) is 10.2. The van der Waals surface area contributed by atoms with E-state index < -0.39 is 10.0 Å². The highest BCUT2D eigenvalue weighted by atomic mass is 32.2. The first kappa shape index (κ1) is 20.2. The van der Waals surface area contributed by atoms with Crippen molar-refractivity contribution in [1.29, 1.82) is 5.41 Å². The van der Waals surface area contributed by atoms with Crippen LogP contribution in [0.5, 0.6) is 0 Å². The summed E-state index contributed by atoms with van der Waals surface area (Å²) in [6.07, 6.45) is 0. The van der Waals surface area contributed by atoms with Crippen LogP contribution in [0.15, 0.2) is 77.7 Å². The quantitative estimate of drug-likeness (QED) is 0.367. The Kier molecular flexibility index (Phi) is 5.76. The maximum Gasteiger partial charge on any atom is 0.251 e. The predicted octanol–water partition coefficient (Wildman–Crippen LogP) is 2.22. The zero-order chi connectivity index (χ0) is 21.0. The maximum atomic E-state index is 12.5. The molecule has 0 saturated heterocycles. The number of hydrogen-bond donors (Lipinski definition) is 4. The number of primary sulfonamides is 1. The van der Waals surface area contributed by atoms with Crippen LogP contribution in [0.3, 0.4) is 0 Å². The third kappa shape index (κ3) is 5.07. The molecule has 3 rings (SSSR count). The molecule has 148 valence electrons. The highest BCUT2D eigenvalue weighted by Gasteiger charge is 2.10. The summed E-state index contributed by atoms with van der Waals surface area (Å²) < 4.78 is 22.7. The minimum atomic E-state index is -3.75. The zero-order valence-corrected chi connectivity index (χ0v) is 16.2. The molecule has 29 heavy (non-hydrogen) atoms. The van der Waals surface area contributed by atoms with Gasteiger partial charge in [0.15, 0.2) is 0 Å². The molecule has 0 aliphatic carbocycles. The number of amides is 1. The lowest BCUT2D eigenvalue weighted by Gasteiger charge is -2.08. The lowest BCUT2D eigenvalue weighted by molar-refractivity contribution is 0.0951. The van der Waals surface area contributed by atoms with E-state index in [4.69, 9.17) is 16.3 Å². The van der Waals surface area contributed by atoms with Gasteiger partial charge in [-0.1, -0.05) is 48.5 Å². The largest absolute Gasteiger partial charge is 0.384 e. The molecule has 3 aromatic carbocycles. The standard InChI is InChI=1S/C21H20N4O3S/c22-20(23)16-6-4-14(5-7-16)13-25-21(26)18-3-1-2-17(12-18)15-8-10-19(11-9-15)29(24,27)28/h1-12H,13H2,(H3,22,23)(H,25,26)(H2,24,27,28). The van der Waals surface area contributed by atoms with E-state index in [2.05, 4.69) is 5.32 Å². The monoisotopic (exact) mass is 408 g/mol. The fraction of sp³-hybridized carbons (Fsp3) is 0.0476. The normalized spacial score (nSPS) is 11.1. The van der Waals surface area contributed by atoms with Crippen LogP contribution >= 0.6 is 0 Å². The highest BCUT2D eigenvalue weighted by Crippen LogP contribution is 2.22. The van der Waals surface area contributed by atoms with Gasteiger partial charge in [0, 0.05) is 17.7 Å². The van der Waals surface area contributed by atoms with Gasteiger partial charge in [-0.25, -0.2) is 13.6 Å². The molecule has 1 amide bonds. The number of rotatable bonds is 6. The molecule has 3 aromatic rings. The summed E-state index contributed by atoms with van der Waals surface area (Å²) in [4.78, 5) is 12.5. The molecule has 0 heterocycles. The van der Waals surface area contributed by atoms with E-state index in [1.54, 1.807) is 54.6 Å². The van der Waals surface area contributed by atoms with Crippen LogP contribution in [0.1, 0.15) is 21.5 Å². The van der Waals surface area contributed by atoms with Crippen molar-refractivity contribution in [3.05, 3.63) is 89.5 Å². The van der Waals surface area contributed by atoms with E-state index in [0.717, 1.165) is 16.7 Å². The molecule has 0 saturated carbocycles. The topological polar surface area (TPSA) is 139 Å². The van der Waals surface area contributed by atoms with Gasteiger partial charge in [-0.15, -0.1) is 0 Å². The summed E-state index contributed by atoms with van der Waals surface area (Å²) in [5, 5.41) is 15.4. The lowest BCUT2D eigenvalue weighted by atomic mass is 10.0. The molecular weight excluding hydrogens is 388 g/mol. The molecule has 0 fully saturated rings. The van der Waals surface area contributed by atoms with Crippen LogP contribution in [-0.4, -0.2) is 20.2 Å². The van der Waals surface area contributed by atoms with Crippen molar-refractivity contribution in [3.8, 4) is 11.1 Å². The molecule has 7 nitrogen and oxygen atoms in total. The Bertz CT molecular complexity index is 1160. The van der Waals surface area contributed by atoms with Gasteiger partial charge in [0.1, 0.15) is 5.84 Å². The van der Waals surface area contributed by atoms with Crippen molar-refractivity contribution in [2.75, 3.05) is 0 Å². The second-order valence-electron chi connectivity index (χ2n) is 6.44.